The van der Waals surface area contributed by atoms with E-state index in [4.69, 9.17) is 10.5 Å². The Kier molecular flexibility index (Phi) is 8.82. The summed E-state index contributed by atoms with van der Waals surface area (Å²) in [5.74, 6) is 0.984. The third kappa shape index (κ3) is 7.84. The van der Waals surface area contributed by atoms with Crippen LogP contribution in [0.1, 0.15) is 59.8 Å². The molecular weight excluding hydrogens is 384 g/mol. The van der Waals surface area contributed by atoms with Gasteiger partial charge in [-0.1, -0.05) is 26.2 Å². The quantitative estimate of drug-likeness (QED) is 0.408. The number of nitrogen functional groups attached to an aromatic ring is 1. The number of aryl methyl sites for hydroxylation is 2. The highest BCUT2D eigenvalue weighted by atomic mass is 16.6. The molecule has 2 aromatic rings. The van der Waals surface area contributed by atoms with E-state index in [1.807, 2.05) is 31.5 Å². The molecule has 0 radical (unpaired) electrons. The number of imidazole rings is 1. The summed E-state index contributed by atoms with van der Waals surface area (Å²) in [4.78, 5) is 15.9. The maximum Gasteiger partial charge on any atom is 0.407 e. The Morgan fingerprint density at radius 2 is 2.00 bits per heavy atom. The Hall–Kier alpha value is -2.91. The molecule has 10 heteroatoms. The number of unbranched alkanes of at least 4 members (excludes halogenated alkanes) is 3. The lowest BCUT2D eigenvalue weighted by atomic mass is 10.2. The van der Waals surface area contributed by atoms with Crippen LogP contribution >= 0.6 is 0 Å². The van der Waals surface area contributed by atoms with Crippen LogP contribution in [0.3, 0.4) is 0 Å². The smallest absolute Gasteiger partial charge is 0.407 e. The van der Waals surface area contributed by atoms with Crippen molar-refractivity contribution in [2.24, 2.45) is 10.2 Å². The highest BCUT2D eigenvalue weighted by molar-refractivity contribution is 5.67. The van der Waals surface area contributed by atoms with Crippen LogP contribution in [0.2, 0.25) is 0 Å². The summed E-state index contributed by atoms with van der Waals surface area (Å²) in [6, 6.07) is 0. The second kappa shape index (κ2) is 11.3. The molecule has 0 aliphatic rings. The first kappa shape index (κ1) is 23.4. The van der Waals surface area contributed by atoms with E-state index in [9.17, 15) is 4.79 Å². The van der Waals surface area contributed by atoms with Crippen molar-refractivity contribution in [2.45, 2.75) is 78.5 Å². The van der Waals surface area contributed by atoms with Gasteiger partial charge in [0.1, 0.15) is 17.1 Å². The highest BCUT2D eigenvalue weighted by Crippen LogP contribution is 2.24. The number of alkyl carbamates (subject to hydrolysis) is 1. The zero-order valence-electron chi connectivity index (χ0n) is 18.5. The SMILES string of the molecule is CCCCCCn1ccnc1N=Nc1cnn(CCCNC(=O)OC(C)(C)C)c1N. The van der Waals surface area contributed by atoms with Gasteiger partial charge in [0.05, 0.1) is 6.20 Å². The van der Waals surface area contributed by atoms with Crippen LogP contribution in [-0.4, -0.2) is 37.6 Å². The van der Waals surface area contributed by atoms with Crippen molar-refractivity contribution in [3.8, 4) is 0 Å². The van der Waals surface area contributed by atoms with Crippen LogP contribution < -0.4 is 11.1 Å². The molecule has 0 atom stereocenters. The van der Waals surface area contributed by atoms with Gasteiger partial charge in [0.2, 0.25) is 5.95 Å². The monoisotopic (exact) mass is 418 g/mol. The predicted molar refractivity (Wildman–Crippen MR) is 116 cm³/mol. The lowest BCUT2D eigenvalue weighted by Crippen LogP contribution is -2.33. The Bertz CT molecular complexity index is 819. The molecule has 1 amide bonds. The molecule has 2 heterocycles. The molecular formula is C20H34N8O2. The van der Waals surface area contributed by atoms with Crippen LogP contribution in [0.25, 0.3) is 0 Å². The van der Waals surface area contributed by atoms with Crippen LogP contribution in [0.15, 0.2) is 28.8 Å². The molecule has 3 N–H and O–H groups in total. The minimum absolute atomic E-state index is 0.428. The second-order valence-corrected chi connectivity index (χ2v) is 8.10. The van der Waals surface area contributed by atoms with Gasteiger partial charge in [0.25, 0.3) is 0 Å². The molecule has 0 spiro atoms. The van der Waals surface area contributed by atoms with E-state index in [0.29, 0.717) is 37.0 Å². The summed E-state index contributed by atoms with van der Waals surface area (Å²) in [6.45, 7) is 9.54. The molecule has 30 heavy (non-hydrogen) atoms. The van der Waals surface area contributed by atoms with Crippen molar-refractivity contribution < 1.29 is 9.53 Å². The van der Waals surface area contributed by atoms with Crippen LogP contribution in [0.4, 0.5) is 22.2 Å². The zero-order chi connectivity index (χ0) is 22.0. The van der Waals surface area contributed by atoms with E-state index >= 15 is 0 Å². The van der Waals surface area contributed by atoms with Gasteiger partial charge in [0, 0.05) is 32.0 Å². The van der Waals surface area contributed by atoms with Gasteiger partial charge >= 0.3 is 6.09 Å². The van der Waals surface area contributed by atoms with E-state index in [2.05, 4.69) is 32.6 Å². The fraction of sp³-hybridized carbons (Fsp3) is 0.650. The third-order valence-electron chi connectivity index (χ3n) is 4.27. The maximum absolute atomic E-state index is 11.6. The Morgan fingerprint density at radius 3 is 2.73 bits per heavy atom. The number of nitrogens with two attached hydrogens (primary N) is 1. The maximum atomic E-state index is 11.6. The number of azo groups is 1. The van der Waals surface area contributed by atoms with Gasteiger partial charge in [-0.25, -0.2) is 14.5 Å². The Morgan fingerprint density at radius 1 is 1.20 bits per heavy atom. The molecule has 0 unspecified atom stereocenters. The van der Waals surface area contributed by atoms with E-state index in [1.54, 1.807) is 17.1 Å². The van der Waals surface area contributed by atoms with Gasteiger partial charge in [-0.2, -0.15) is 5.10 Å². The lowest BCUT2D eigenvalue weighted by molar-refractivity contribution is 0.0526. The standard InChI is InChI=1S/C20H34N8O2/c1-5-6-7-8-12-27-14-11-22-18(27)26-25-16-15-24-28(17(16)21)13-9-10-23-19(29)30-20(2,3)4/h11,14-15H,5-10,12-13,21H2,1-4H3,(H,23,29). The van der Waals surface area contributed by atoms with Gasteiger partial charge in [0.15, 0.2) is 0 Å². The van der Waals surface area contributed by atoms with Crippen molar-refractivity contribution in [3.05, 3.63) is 18.6 Å². The molecule has 2 rings (SSSR count). The van der Waals surface area contributed by atoms with Crippen LogP contribution in [0, 0.1) is 0 Å². The summed E-state index contributed by atoms with van der Waals surface area (Å²) in [6.07, 6.45) is 10.1. The lowest BCUT2D eigenvalue weighted by Gasteiger charge is -2.19. The minimum Gasteiger partial charge on any atom is -0.444 e. The molecule has 0 saturated carbocycles. The average molecular weight is 419 g/mol. The van der Waals surface area contributed by atoms with Crippen molar-refractivity contribution in [2.75, 3.05) is 12.3 Å². The summed E-state index contributed by atoms with van der Waals surface area (Å²) < 4.78 is 8.83. The number of nitrogens with zero attached hydrogens (tertiary/aromatic N) is 6. The number of hydrogen-bond acceptors (Lipinski definition) is 7. The normalized spacial score (nSPS) is 11.9. The van der Waals surface area contributed by atoms with E-state index in [-0.39, 0.29) is 0 Å². The second-order valence-electron chi connectivity index (χ2n) is 8.10. The fourth-order valence-corrected chi connectivity index (χ4v) is 2.76. The molecule has 0 aromatic carbocycles. The third-order valence-corrected chi connectivity index (χ3v) is 4.27. The predicted octanol–water partition coefficient (Wildman–Crippen LogP) is 4.57. The van der Waals surface area contributed by atoms with Gasteiger partial charge in [-0.3, -0.25) is 0 Å². The molecule has 0 fully saturated rings. The van der Waals surface area contributed by atoms with Gasteiger partial charge in [-0.15, -0.1) is 10.2 Å². The number of amides is 1. The Labute approximate surface area is 177 Å². The number of hydrogen-bond donors (Lipinski definition) is 2. The van der Waals surface area contributed by atoms with Gasteiger partial charge in [-0.05, 0) is 33.6 Å². The average Bonchev–Trinajstić information content (AvgIpc) is 3.26. The number of carbonyl (C=O) groups is 1. The number of anilines is 1. The number of carbonyl (C=O) groups excluding carboxylic acids is 1. The first-order valence-electron chi connectivity index (χ1n) is 10.5. The topological polar surface area (TPSA) is 125 Å². The first-order valence-corrected chi connectivity index (χ1v) is 10.5. The summed E-state index contributed by atoms with van der Waals surface area (Å²) in [5.41, 5.74) is 6.11. The van der Waals surface area contributed by atoms with E-state index in [0.717, 1.165) is 13.0 Å². The number of nitrogens with one attached hydrogen (secondary N) is 1. The van der Waals surface area contributed by atoms with Crippen LogP contribution in [-0.2, 0) is 17.8 Å². The van der Waals surface area contributed by atoms with Crippen molar-refractivity contribution >= 4 is 23.5 Å². The molecule has 10 nitrogen and oxygen atoms in total. The van der Waals surface area contributed by atoms with E-state index in [1.165, 1.54) is 19.3 Å². The molecule has 0 aliphatic heterocycles. The van der Waals surface area contributed by atoms with Crippen LogP contribution in [0.5, 0.6) is 0 Å². The first-order chi connectivity index (χ1) is 14.3. The number of rotatable bonds is 11. The largest absolute Gasteiger partial charge is 0.444 e. The number of ether oxygens (including phenoxy) is 1. The summed E-state index contributed by atoms with van der Waals surface area (Å²) in [5, 5.41) is 15.4. The summed E-state index contributed by atoms with van der Waals surface area (Å²) in [7, 11) is 0. The molecule has 166 valence electrons. The van der Waals surface area contributed by atoms with E-state index < -0.39 is 11.7 Å². The highest BCUT2D eigenvalue weighted by Gasteiger charge is 2.15. The van der Waals surface area contributed by atoms with Gasteiger partial charge < -0.3 is 20.4 Å². The Balaban J connectivity index is 1.83. The zero-order valence-corrected chi connectivity index (χ0v) is 18.5. The fourth-order valence-electron chi connectivity index (χ4n) is 2.76. The molecule has 0 aliphatic carbocycles. The summed E-state index contributed by atoms with van der Waals surface area (Å²) >= 11 is 0. The molecule has 2 aromatic heterocycles. The minimum atomic E-state index is -0.513. The van der Waals surface area contributed by atoms with Crippen molar-refractivity contribution in [1.82, 2.24) is 24.6 Å². The molecule has 0 bridgehead atoms. The van der Waals surface area contributed by atoms with Crippen molar-refractivity contribution in [1.29, 1.82) is 0 Å². The number of aromatic nitrogens is 4. The molecule has 0 saturated heterocycles. The van der Waals surface area contributed by atoms with Crippen molar-refractivity contribution in [3.63, 3.8) is 0 Å².